The summed E-state index contributed by atoms with van der Waals surface area (Å²) in [5, 5.41) is 12.0. The van der Waals surface area contributed by atoms with Crippen LogP contribution in [-0.2, 0) is 4.79 Å². The van der Waals surface area contributed by atoms with E-state index in [2.05, 4.69) is 21.3 Å². The van der Waals surface area contributed by atoms with Gasteiger partial charge in [-0.05, 0) is 31.9 Å². The number of hydrogen-bond acceptors (Lipinski definition) is 6. The number of nitrogens with zero attached hydrogens (tertiary/aromatic N) is 4. The molecule has 28 heavy (non-hydrogen) atoms. The van der Waals surface area contributed by atoms with E-state index in [1.54, 1.807) is 35.2 Å². The zero-order chi connectivity index (χ0) is 20.3. The molecule has 2 aromatic rings. The molecule has 0 spiro atoms. The lowest BCUT2D eigenvalue weighted by Crippen LogP contribution is -2.46. The van der Waals surface area contributed by atoms with Crippen molar-refractivity contribution in [1.82, 2.24) is 14.5 Å². The van der Waals surface area contributed by atoms with Crippen LogP contribution in [0.2, 0.25) is 0 Å². The van der Waals surface area contributed by atoms with E-state index in [1.165, 1.54) is 0 Å². The number of para-hydroxylation sites is 1. The number of anilines is 2. The maximum absolute atomic E-state index is 12.6. The monoisotopic (exact) mass is 381 g/mol. The molecule has 146 valence electrons. The van der Waals surface area contributed by atoms with Gasteiger partial charge in [0, 0.05) is 19.1 Å². The zero-order valence-electron chi connectivity index (χ0n) is 15.6. The average molecular weight is 381 g/mol. The number of nitrogen functional groups attached to an aromatic ring is 1. The molecule has 9 nitrogen and oxygen atoms in total. The van der Waals surface area contributed by atoms with Gasteiger partial charge in [0.05, 0.1) is 23.6 Å². The van der Waals surface area contributed by atoms with Crippen LogP contribution in [0, 0.1) is 11.3 Å². The zero-order valence-corrected chi connectivity index (χ0v) is 15.6. The number of nitriles is 1. The highest BCUT2D eigenvalue weighted by molar-refractivity contribution is 5.96. The summed E-state index contributed by atoms with van der Waals surface area (Å²) in [6.07, 6.45) is 3.08. The quantitative estimate of drug-likeness (QED) is 0.707. The summed E-state index contributed by atoms with van der Waals surface area (Å²) in [5.41, 5.74) is 12.3. The average Bonchev–Trinajstić information content (AvgIpc) is 3.09. The number of amides is 2. The summed E-state index contributed by atoms with van der Waals surface area (Å²) in [6.45, 7) is 3.24. The maximum atomic E-state index is 12.6. The molecule has 3 rings (SSSR count). The highest BCUT2D eigenvalue weighted by atomic mass is 16.2. The molecule has 2 heterocycles. The SMILES string of the molecule is C[C@@H](C(=O)Nc1ccccc1C#N)N1CCC(n2cnc(C(N)=O)c2N)CC1. The number of aromatic nitrogens is 2. The molecule has 1 atom stereocenters. The molecule has 1 fully saturated rings. The summed E-state index contributed by atoms with van der Waals surface area (Å²) < 4.78 is 1.78. The molecule has 1 aromatic heterocycles. The van der Waals surface area contributed by atoms with Crippen LogP contribution < -0.4 is 16.8 Å². The van der Waals surface area contributed by atoms with E-state index in [0.29, 0.717) is 24.3 Å². The van der Waals surface area contributed by atoms with Crippen molar-refractivity contribution >= 4 is 23.3 Å². The number of imidazole rings is 1. The maximum Gasteiger partial charge on any atom is 0.271 e. The Morgan fingerprint density at radius 2 is 2.00 bits per heavy atom. The summed E-state index contributed by atoms with van der Waals surface area (Å²) >= 11 is 0. The molecule has 5 N–H and O–H groups in total. The minimum Gasteiger partial charge on any atom is -0.383 e. The third-order valence-corrected chi connectivity index (χ3v) is 5.19. The van der Waals surface area contributed by atoms with Crippen molar-refractivity contribution in [3.05, 3.63) is 41.9 Å². The Bertz CT molecular complexity index is 923. The predicted molar refractivity (Wildman–Crippen MR) is 104 cm³/mol. The lowest BCUT2D eigenvalue weighted by Gasteiger charge is -2.36. The van der Waals surface area contributed by atoms with E-state index in [4.69, 9.17) is 16.7 Å². The predicted octanol–water partition coefficient (Wildman–Crippen LogP) is 1.10. The normalized spacial score (nSPS) is 16.3. The van der Waals surface area contributed by atoms with Crippen molar-refractivity contribution in [2.45, 2.75) is 31.8 Å². The fourth-order valence-corrected chi connectivity index (χ4v) is 3.50. The second-order valence-corrected chi connectivity index (χ2v) is 6.84. The molecule has 1 aliphatic heterocycles. The lowest BCUT2D eigenvalue weighted by molar-refractivity contribution is -0.121. The standard InChI is InChI=1S/C19H23N7O2/c1-12(19(28)24-15-5-3-2-4-13(15)10-20)25-8-6-14(7-9-25)26-11-23-16(17(26)21)18(22)27/h2-5,11-12,14H,6-9,21H2,1H3,(H2,22,27)(H,24,28)/t12-/m0/s1. The van der Waals surface area contributed by atoms with Crippen LogP contribution in [0.15, 0.2) is 30.6 Å². The highest BCUT2D eigenvalue weighted by Crippen LogP contribution is 2.27. The molecule has 0 bridgehead atoms. The van der Waals surface area contributed by atoms with E-state index in [0.717, 1.165) is 12.8 Å². The number of nitrogens with one attached hydrogen (secondary N) is 1. The smallest absolute Gasteiger partial charge is 0.271 e. The topological polar surface area (TPSA) is 143 Å². The van der Waals surface area contributed by atoms with Crippen molar-refractivity contribution in [1.29, 1.82) is 5.26 Å². The van der Waals surface area contributed by atoms with Crippen LogP contribution in [0.25, 0.3) is 0 Å². The van der Waals surface area contributed by atoms with Gasteiger partial charge in [-0.2, -0.15) is 5.26 Å². The number of benzene rings is 1. The molecular weight excluding hydrogens is 358 g/mol. The third-order valence-electron chi connectivity index (χ3n) is 5.19. The molecule has 1 saturated heterocycles. The fraction of sp³-hybridized carbons (Fsp3) is 0.368. The van der Waals surface area contributed by atoms with Crippen LogP contribution >= 0.6 is 0 Å². The molecule has 1 aliphatic rings. The minimum absolute atomic E-state index is 0.0892. The largest absolute Gasteiger partial charge is 0.383 e. The van der Waals surface area contributed by atoms with Crippen molar-refractivity contribution in [2.75, 3.05) is 24.1 Å². The number of hydrogen-bond donors (Lipinski definition) is 3. The number of likely N-dealkylation sites (tertiary alicyclic amines) is 1. The molecule has 9 heteroatoms. The summed E-state index contributed by atoms with van der Waals surface area (Å²) in [6, 6.07) is 8.76. The Morgan fingerprint density at radius 1 is 1.32 bits per heavy atom. The number of rotatable bonds is 5. The van der Waals surface area contributed by atoms with Gasteiger partial charge in [0.1, 0.15) is 11.9 Å². The Hall–Kier alpha value is -3.38. The van der Waals surface area contributed by atoms with Crippen molar-refractivity contribution in [3.8, 4) is 6.07 Å². The lowest BCUT2D eigenvalue weighted by atomic mass is 10.0. The number of piperidine rings is 1. The number of primary amides is 1. The van der Waals surface area contributed by atoms with Gasteiger partial charge in [0.15, 0.2) is 5.69 Å². The third kappa shape index (κ3) is 3.82. The summed E-state index contributed by atoms with van der Waals surface area (Å²) in [7, 11) is 0. The number of nitrogens with two attached hydrogens (primary N) is 2. The second kappa shape index (κ2) is 8.10. The first-order valence-corrected chi connectivity index (χ1v) is 9.08. The summed E-state index contributed by atoms with van der Waals surface area (Å²) in [4.78, 5) is 30.0. The molecule has 0 aliphatic carbocycles. The Labute approximate surface area is 162 Å². The van der Waals surface area contributed by atoms with Gasteiger partial charge in [-0.1, -0.05) is 12.1 Å². The summed E-state index contributed by atoms with van der Waals surface area (Å²) in [5.74, 6) is -0.513. The Morgan fingerprint density at radius 3 is 2.61 bits per heavy atom. The van der Waals surface area contributed by atoms with Crippen molar-refractivity contribution in [2.24, 2.45) is 5.73 Å². The van der Waals surface area contributed by atoms with E-state index in [9.17, 15) is 9.59 Å². The molecule has 2 amide bonds. The van der Waals surface area contributed by atoms with Crippen LogP contribution in [0.5, 0.6) is 0 Å². The molecule has 1 aromatic carbocycles. The second-order valence-electron chi connectivity index (χ2n) is 6.84. The molecule has 0 unspecified atom stereocenters. The number of carbonyl (C=O) groups excluding carboxylic acids is 2. The Balaban J connectivity index is 1.60. The van der Waals surface area contributed by atoms with E-state index in [-0.39, 0.29) is 29.5 Å². The van der Waals surface area contributed by atoms with Crippen LogP contribution in [0.1, 0.15) is 41.9 Å². The number of carbonyl (C=O) groups is 2. The van der Waals surface area contributed by atoms with Crippen molar-refractivity contribution in [3.63, 3.8) is 0 Å². The first-order valence-electron chi connectivity index (χ1n) is 9.08. The molecular formula is C19H23N7O2. The Kier molecular flexibility index (Phi) is 5.61. The van der Waals surface area contributed by atoms with Gasteiger partial charge in [0.25, 0.3) is 5.91 Å². The van der Waals surface area contributed by atoms with E-state index in [1.807, 2.05) is 6.92 Å². The van der Waals surface area contributed by atoms with E-state index >= 15 is 0 Å². The highest BCUT2D eigenvalue weighted by Gasteiger charge is 2.29. The van der Waals surface area contributed by atoms with Gasteiger partial charge >= 0.3 is 0 Å². The van der Waals surface area contributed by atoms with Gasteiger partial charge in [0.2, 0.25) is 5.91 Å². The fourth-order valence-electron chi connectivity index (χ4n) is 3.50. The first kappa shape index (κ1) is 19.4. The van der Waals surface area contributed by atoms with Gasteiger partial charge in [-0.3, -0.25) is 14.5 Å². The van der Waals surface area contributed by atoms with Gasteiger partial charge in [-0.15, -0.1) is 0 Å². The van der Waals surface area contributed by atoms with E-state index < -0.39 is 5.91 Å². The van der Waals surface area contributed by atoms with Crippen molar-refractivity contribution < 1.29 is 9.59 Å². The van der Waals surface area contributed by atoms with Gasteiger partial charge < -0.3 is 21.4 Å². The van der Waals surface area contributed by atoms with Crippen LogP contribution in [-0.4, -0.2) is 45.4 Å². The minimum atomic E-state index is -0.642. The molecule has 0 saturated carbocycles. The van der Waals surface area contributed by atoms with Gasteiger partial charge in [-0.25, -0.2) is 4.98 Å². The van der Waals surface area contributed by atoms with Crippen LogP contribution in [0.3, 0.4) is 0 Å². The first-order chi connectivity index (χ1) is 13.4. The van der Waals surface area contributed by atoms with Crippen LogP contribution in [0.4, 0.5) is 11.5 Å². The molecule has 0 radical (unpaired) electrons.